The number of ether oxygens (including phenoxy) is 3. The number of rotatable bonds is 6. The number of cyclic esters (lactones) is 1. The van der Waals surface area contributed by atoms with Gasteiger partial charge in [0.1, 0.15) is 23.4 Å². The molecule has 6 nitrogen and oxygen atoms in total. The fraction of sp³-hybridized carbons (Fsp3) is 0.312. The minimum atomic E-state index is -0.860. The first-order chi connectivity index (χ1) is 18.8. The van der Waals surface area contributed by atoms with Gasteiger partial charge in [0, 0.05) is 35.6 Å². The Bertz CT molecular complexity index is 1510. The number of esters is 1. The number of hydrogen-bond acceptors (Lipinski definition) is 5. The smallest absolute Gasteiger partial charge is 0.331 e. The van der Waals surface area contributed by atoms with Crippen molar-refractivity contribution in [3.63, 3.8) is 0 Å². The summed E-state index contributed by atoms with van der Waals surface area (Å²) in [5.74, 6) is -0.440. The number of carbonyl (C=O) groups excluding carboxylic acids is 1. The van der Waals surface area contributed by atoms with Crippen molar-refractivity contribution >= 4 is 17.5 Å². The molecule has 0 amide bonds. The maximum Gasteiger partial charge on any atom is 0.331 e. The molecular weight excluding hydrogens is 499 g/mol. The largest absolute Gasteiger partial charge is 0.492 e. The number of aliphatic carboxylic acids is 1. The van der Waals surface area contributed by atoms with Crippen molar-refractivity contribution in [3.8, 4) is 22.6 Å². The number of benzene rings is 3. The average Bonchev–Trinajstić information content (AvgIpc) is 3.49. The number of hydrogen-bond donors (Lipinski definition) is 1. The van der Waals surface area contributed by atoms with Crippen LogP contribution in [0, 0.1) is 19.7 Å². The topological polar surface area (TPSA) is 82.1 Å². The molecule has 2 aliphatic heterocycles. The summed E-state index contributed by atoms with van der Waals surface area (Å²) in [5, 5.41) is 9.15. The van der Waals surface area contributed by atoms with E-state index in [1.165, 1.54) is 6.07 Å². The Morgan fingerprint density at radius 1 is 1.08 bits per heavy atom. The summed E-state index contributed by atoms with van der Waals surface area (Å²) < 4.78 is 32.3. The third-order valence-electron chi connectivity index (χ3n) is 7.93. The predicted molar refractivity (Wildman–Crippen MR) is 143 cm³/mol. The minimum Gasteiger partial charge on any atom is -0.492 e. The van der Waals surface area contributed by atoms with Crippen LogP contribution in [0.2, 0.25) is 0 Å². The van der Waals surface area contributed by atoms with E-state index in [9.17, 15) is 9.59 Å². The lowest BCUT2D eigenvalue weighted by molar-refractivity contribution is -0.138. The van der Waals surface area contributed by atoms with Crippen LogP contribution < -0.4 is 9.47 Å². The monoisotopic (exact) mass is 528 g/mol. The lowest BCUT2D eigenvalue weighted by Gasteiger charge is -2.20. The number of carbonyl (C=O) groups is 2. The van der Waals surface area contributed by atoms with Gasteiger partial charge in [-0.05, 0) is 77.8 Å². The predicted octanol–water partition coefficient (Wildman–Crippen LogP) is 6.46. The van der Waals surface area contributed by atoms with Gasteiger partial charge < -0.3 is 19.3 Å². The zero-order valence-corrected chi connectivity index (χ0v) is 21.9. The lowest BCUT2D eigenvalue weighted by Crippen LogP contribution is -2.10. The standard InChI is InChI=1S/C32H29FO6/c1-17-11-20(19-9-10-37-30(36)14-19)12-18(2)31(17)24-5-7-26(33)32-25(24)6-8-27(32)39-22-3-4-23-21(13-29(34)35)16-38-28(23)15-22/h3-5,7,11-12,14-15,21,27H,6,8-10,13,16H2,1-2H3,(H,34,35)/t21-,27-/m1/s1. The van der Waals surface area contributed by atoms with Crippen LogP contribution in [0.1, 0.15) is 64.7 Å². The summed E-state index contributed by atoms with van der Waals surface area (Å²) in [7, 11) is 0. The minimum absolute atomic E-state index is 0.0150. The molecule has 3 aromatic rings. The summed E-state index contributed by atoms with van der Waals surface area (Å²) in [6.07, 6.45) is 3.16. The third kappa shape index (κ3) is 4.67. The number of carboxylic acids is 1. The normalized spacial score (nSPS) is 19.6. The van der Waals surface area contributed by atoms with E-state index in [4.69, 9.17) is 19.3 Å². The molecule has 1 N–H and O–H groups in total. The highest BCUT2D eigenvalue weighted by Gasteiger charge is 2.32. The number of fused-ring (bicyclic) bond motifs is 2. The van der Waals surface area contributed by atoms with Crippen molar-refractivity contribution in [3.05, 3.63) is 87.7 Å². The van der Waals surface area contributed by atoms with Gasteiger partial charge in [-0.2, -0.15) is 0 Å². The van der Waals surface area contributed by atoms with Gasteiger partial charge in [0.2, 0.25) is 0 Å². The van der Waals surface area contributed by atoms with E-state index in [0.717, 1.165) is 44.5 Å². The van der Waals surface area contributed by atoms with Crippen molar-refractivity contribution in [1.29, 1.82) is 0 Å². The first-order valence-corrected chi connectivity index (χ1v) is 13.2. The fourth-order valence-corrected chi connectivity index (χ4v) is 6.22. The first-order valence-electron chi connectivity index (χ1n) is 13.2. The summed E-state index contributed by atoms with van der Waals surface area (Å²) in [6.45, 7) is 4.81. The van der Waals surface area contributed by atoms with E-state index < -0.39 is 12.1 Å². The highest BCUT2D eigenvalue weighted by atomic mass is 19.1. The van der Waals surface area contributed by atoms with Crippen LogP contribution in [-0.4, -0.2) is 30.3 Å². The Labute approximate surface area is 226 Å². The maximum absolute atomic E-state index is 15.3. The molecule has 0 unspecified atom stereocenters. The molecule has 3 aliphatic rings. The molecule has 7 heteroatoms. The molecule has 3 aromatic carbocycles. The maximum atomic E-state index is 15.3. The molecule has 0 bridgehead atoms. The third-order valence-corrected chi connectivity index (χ3v) is 7.93. The van der Waals surface area contributed by atoms with E-state index in [-0.39, 0.29) is 24.1 Å². The summed E-state index contributed by atoms with van der Waals surface area (Å²) in [6, 6.07) is 13.0. The van der Waals surface area contributed by atoms with Crippen molar-refractivity contribution in [2.24, 2.45) is 0 Å². The van der Waals surface area contributed by atoms with Crippen LogP contribution in [0.25, 0.3) is 16.7 Å². The van der Waals surface area contributed by atoms with Crippen LogP contribution in [0.5, 0.6) is 11.5 Å². The molecule has 0 saturated heterocycles. The highest BCUT2D eigenvalue weighted by molar-refractivity contribution is 5.93. The number of halogens is 1. The van der Waals surface area contributed by atoms with E-state index in [1.54, 1.807) is 12.1 Å². The van der Waals surface area contributed by atoms with Crippen molar-refractivity contribution < 1.29 is 33.3 Å². The van der Waals surface area contributed by atoms with Gasteiger partial charge in [-0.1, -0.05) is 24.3 Å². The van der Waals surface area contributed by atoms with E-state index >= 15 is 4.39 Å². The van der Waals surface area contributed by atoms with Crippen LogP contribution >= 0.6 is 0 Å². The number of carboxylic acid groups (broad SMARTS) is 1. The molecule has 6 rings (SSSR count). The first kappa shape index (κ1) is 25.2. The molecule has 0 fully saturated rings. The van der Waals surface area contributed by atoms with Gasteiger partial charge in [-0.3, -0.25) is 4.79 Å². The van der Waals surface area contributed by atoms with Crippen LogP contribution in [0.4, 0.5) is 4.39 Å². The quantitative estimate of drug-likeness (QED) is 0.370. The molecule has 1 aliphatic carbocycles. The lowest BCUT2D eigenvalue weighted by atomic mass is 9.87. The Morgan fingerprint density at radius 2 is 1.87 bits per heavy atom. The van der Waals surface area contributed by atoms with Crippen LogP contribution in [-0.2, 0) is 20.7 Å². The zero-order chi connectivity index (χ0) is 27.3. The second-order valence-electron chi connectivity index (χ2n) is 10.5. The Hall–Kier alpha value is -4.13. The molecule has 0 spiro atoms. The van der Waals surface area contributed by atoms with Gasteiger partial charge in [-0.15, -0.1) is 0 Å². The van der Waals surface area contributed by atoms with Crippen molar-refractivity contribution in [2.75, 3.05) is 13.2 Å². The molecule has 39 heavy (non-hydrogen) atoms. The fourth-order valence-electron chi connectivity index (χ4n) is 6.22. The van der Waals surface area contributed by atoms with Crippen LogP contribution in [0.15, 0.2) is 48.5 Å². The van der Waals surface area contributed by atoms with Gasteiger partial charge >= 0.3 is 11.9 Å². The Kier molecular flexibility index (Phi) is 6.37. The second kappa shape index (κ2) is 9.88. The van der Waals surface area contributed by atoms with E-state index in [0.29, 0.717) is 49.5 Å². The SMILES string of the molecule is Cc1cc(C2=CC(=O)OCC2)cc(C)c1-c1ccc(F)c2c1CC[C@H]2Oc1ccc2c(c1)OC[C@H]2CC(=O)O. The molecule has 0 aromatic heterocycles. The molecule has 2 heterocycles. The Morgan fingerprint density at radius 3 is 2.62 bits per heavy atom. The van der Waals surface area contributed by atoms with E-state index in [2.05, 4.69) is 12.1 Å². The van der Waals surface area contributed by atoms with Gasteiger partial charge in [0.25, 0.3) is 0 Å². The molecule has 0 radical (unpaired) electrons. The second-order valence-corrected chi connectivity index (χ2v) is 10.5. The summed E-state index contributed by atoms with van der Waals surface area (Å²) >= 11 is 0. The number of aryl methyl sites for hydroxylation is 2. The molecule has 0 saturated carbocycles. The molecule has 2 atom stereocenters. The Balaban J connectivity index is 1.30. The summed E-state index contributed by atoms with van der Waals surface area (Å²) in [4.78, 5) is 22.9. The van der Waals surface area contributed by atoms with E-state index in [1.807, 2.05) is 32.0 Å². The zero-order valence-electron chi connectivity index (χ0n) is 21.9. The average molecular weight is 529 g/mol. The molecular formula is C32H29FO6. The van der Waals surface area contributed by atoms with Gasteiger partial charge in [-0.25, -0.2) is 9.18 Å². The van der Waals surface area contributed by atoms with Crippen molar-refractivity contribution in [1.82, 2.24) is 0 Å². The summed E-state index contributed by atoms with van der Waals surface area (Å²) in [5.41, 5.74) is 8.58. The van der Waals surface area contributed by atoms with Gasteiger partial charge in [0.15, 0.2) is 0 Å². The highest BCUT2D eigenvalue weighted by Crippen LogP contribution is 2.45. The van der Waals surface area contributed by atoms with Crippen LogP contribution in [0.3, 0.4) is 0 Å². The van der Waals surface area contributed by atoms with Gasteiger partial charge in [0.05, 0.1) is 19.6 Å². The molecule has 200 valence electrons. The van der Waals surface area contributed by atoms with Crippen molar-refractivity contribution in [2.45, 2.75) is 51.6 Å².